The Labute approximate surface area is 157 Å². The van der Waals surface area contributed by atoms with E-state index < -0.39 is 11.6 Å². The van der Waals surface area contributed by atoms with Gasteiger partial charge in [0.25, 0.3) is 0 Å². The van der Waals surface area contributed by atoms with Crippen LogP contribution in [0.25, 0.3) is 11.1 Å². The molecule has 0 saturated carbocycles. The van der Waals surface area contributed by atoms with Gasteiger partial charge in [-0.2, -0.15) is 0 Å². The summed E-state index contributed by atoms with van der Waals surface area (Å²) in [7, 11) is 0. The van der Waals surface area contributed by atoms with Crippen LogP contribution in [0.15, 0.2) is 45.8 Å². The number of nitrogens with zero attached hydrogens (tertiary/aromatic N) is 1. The third kappa shape index (κ3) is 3.83. The number of H-pyrrole nitrogens is 1. The Morgan fingerprint density at radius 3 is 2.42 bits per heavy atom. The molecule has 3 rings (SSSR count). The van der Waals surface area contributed by atoms with Crippen molar-refractivity contribution in [2.45, 2.75) is 20.5 Å². The van der Waals surface area contributed by atoms with Crippen molar-refractivity contribution >= 4 is 15.9 Å². The molecule has 0 amide bonds. The Hall–Kier alpha value is -2.54. The van der Waals surface area contributed by atoms with Crippen LogP contribution in [0, 0.1) is 25.5 Å². The highest BCUT2D eigenvalue weighted by atomic mass is 79.9. The molecule has 3 aromatic rings. The van der Waals surface area contributed by atoms with Crippen LogP contribution in [0.1, 0.15) is 17.0 Å². The van der Waals surface area contributed by atoms with Crippen LogP contribution in [0.3, 0.4) is 0 Å². The van der Waals surface area contributed by atoms with Crippen LogP contribution in [0.2, 0.25) is 0 Å². The van der Waals surface area contributed by atoms with Crippen molar-refractivity contribution in [2.24, 2.45) is 0 Å². The first-order chi connectivity index (χ1) is 12.3. The third-order valence-electron chi connectivity index (χ3n) is 3.84. The number of aromatic nitrogens is 2. The van der Waals surface area contributed by atoms with E-state index in [4.69, 9.17) is 4.74 Å². The lowest BCUT2D eigenvalue weighted by Gasteiger charge is -2.10. The lowest BCUT2D eigenvalue weighted by atomic mass is 10.1. The van der Waals surface area contributed by atoms with Crippen molar-refractivity contribution in [3.8, 4) is 17.0 Å². The predicted molar refractivity (Wildman–Crippen MR) is 98.2 cm³/mol. The number of ether oxygens (including phenoxy) is 1. The Morgan fingerprint density at radius 1 is 1.12 bits per heavy atom. The van der Waals surface area contributed by atoms with Crippen molar-refractivity contribution in [3.63, 3.8) is 0 Å². The zero-order valence-corrected chi connectivity index (χ0v) is 15.7. The summed E-state index contributed by atoms with van der Waals surface area (Å²) < 4.78 is 32.3. The summed E-state index contributed by atoms with van der Waals surface area (Å²) in [5.74, 6) is -1.03. The fourth-order valence-electron chi connectivity index (χ4n) is 2.66. The number of benzene rings is 1. The van der Waals surface area contributed by atoms with Gasteiger partial charge in [-0.3, -0.25) is 4.79 Å². The minimum Gasteiger partial charge on any atom is -0.473 e. The smallest absolute Gasteiger partial charge is 0.213 e. The second-order valence-corrected chi connectivity index (χ2v) is 6.64. The number of hydrogen-bond donors (Lipinski definition) is 1. The second kappa shape index (κ2) is 7.37. The highest BCUT2D eigenvalue weighted by Crippen LogP contribution is 2.23. The van der Waals surface area contributed by atoms with E-state index in [1.54, 1.807) is 12.1 Å². The molecule has 1 N–H and O–H groups in total. The van der Waals surface area contributed by atoms with E-state index in [0.29, 0.717) is 27.0 Å². The first-order valence-electron chi connectivity index (χ1n) is 7.78. The number of halogens is 3. The third-order valence-corrected chi connectivity index (χ3v) is 4.79. The molecule has 4 nitrogen and oxygen atoms in total. The molecule has 0 atom stereocenters. The molecule has 2 heterocycles. The van der Waals surface area contributed by atoms with Gasteiger partial charge in [-0.15, -0.1) is 0 Å². The zero-order valence-electron chi connectivity index (χ0n) is 14.1. The van der Waals surface area contributed by atoms with Crippen molar-refractivity contribution in [2.75, 3.05) is 0 Å². The summed E-state index contributed by atoms with van der Waals surface area (Å²) in [5.41, 5.74) is 2.91. The Morgan fingerprint density at radius 2 is 1.81 bits per heavy atom. The average Bonchev–Trinajstić information content (AvgIpc) is 2.58. The zero-order chi connectivity index (χ0) is 18.8. The lowest BCUT2D eigenvalue weighted by molar-refractivity contribution is 0.292. The van der Waals surface area contributed by atoms with Gasteiger partial charge in [-0.25, -0.2) is 13.8 Å². The standard InChI is InChI=1S/C19H15BrF2N2O2/c1-10-17(19(25)18(20)11(2)24-10)13-3-4-16(23-8-13)26-9-12-5-14(21)7-15(22)6-12/h3-8H,9H2,1-2H3,(H,24,25). The molecule has 134 valence electrons. The summed E-state index contributed by atoms with van der Waals surface area (Å²) in [6, 6.07) is 6.52. The minimum atomic E-state index is -0.661. The Balaban J connectivity index is 1.81. The fourth-order valence-corrected chi connectivity index (χ4v) is 2.96. The van der Waals surface area contributed by atoms with Gasteiger partial charge in [0.05, 0.1) is 10.0 Å². The first kappa shape index (κ1) is 18.3. The summed E-state index contributed by atoms with van der Waals surface area (Å²) >= 11 is 3.29. The molecule has 7 heteroatoms. The maximum atomic E-state index is 13.2. The topological polar surface area (TPSA) is 55.0 Å². The molecular weight excluding hydrogens is 406 g/mol. The van der Waals surface area contributed by atoms with Gasteiger partial charge in [-0.1, -0.05) is 0 Å². The molecule has 0 aliphatic heterocycles. The van der Waals surface area contributed by atoms with Gasteiger partial charge >= 0.3 is 0 Å². The van der Waals surface area contributed by atoms with E-state index in [2.05, 4.69) is 25.9 Å². The highest BCUT2D eigenvalue weighted by molar-refractivity contribution is 9.10. The van der Waals surface area contributed by atoms with Gasteiger partial charge in [-0.05, 0) is 53.5 Å². The van der Waals surface area contributed by atoms with Crippen LogP contribution >= 0.6 is 15.9 Å². The fraction of sp³-hybridized carbons (Fsp3) is 0.158. The summed E-state index contributed by atoms with van der Waals surface area (Å²) in [6.45, 7) is 3.61. The summed E-state index contributed by atoms with van der Waals surface area (Å²) in [5, 5.41) is 0. The lowest BCUT2D eigenvalue weighted by Crippen LogP contribution is -2.12. The molecule has 0 aliphatic carbocycles. The number of aromatic amines is 1. The number of nitrogens with one attached hydrogen (secondary N) is 1. The molecule has 0 saturated heterocycles. The van der Waals surface area contributed by atoms with Gasteiger partial charge in [0.2, 0.25) is 11.3 Å². The van der Waals surface area contributed by atoms with Crippen molar-refractivity contribution in [1.82, 2.24) is 9.97 Å². The predicted octanol–water partition coefficient (Wildman–Crippen LogP) is 4.67. The molecule has 0 unspecified atom stereocenters. The molecule has 0 bridgehead atoms. The van der Waals surface area contributed by atoms with E-state index in [9.17, 15) is 13.6 Å². The van der Waals surface area contributed by atoms with Gasteiger partial charge in [0, 0.05) is 35.3 Å². The SMILES string of the molecule is Cc1[nH]c(C)c(-c2ccc(OCc3cc(F)cc(F)c3)nc2)c(=O)c1Br. The van der Waals surface area contributed by atoms with Crippen molar-refractivity contribution < 1.29 is 13.5 Å². The van der Waals surface area contributed by atoms with E-state index >= 15 is 0 Å². The molecular formula is C19H15BrF2N2O2. The quantitative estimate of drug-likeness (QED) is 0.666. The highest BCUT2D eigenvalue weighted by Gasteiger charge is 2.13. The van der Waals surface area contributed by atoms with E-state index in [0.717, 1.165) is 17.5 Å². The molecule has 1 aromatic carbocycles. The molecule has 0 aliphatic rings. The van der Waals surface area contributed by atoms with Crippen LogP contribution in [-0.4, -0.2) is 9.97 Å². The first-order valence-corrected chi connectivity index (χ1v) is 8.57. The maximum absolute atomic E-state index is 13.2. The van der Waals surface area contributed by atoms with E-state index in [1.807, 2.05) is 13.8 Å². The number of aryl methyl sites for hydroxylation is 2. The summed E-state index contributed by atoms with van der Waals surface area (Å²) in [6.07, 6.45) is 1.53. The minimum absolute atomic E-state index is 0.0171. The Kier molecular flexibility index (Phi) is 5.18. The molecule has 26 heavy (non-hydrogen) atoms. The Bertz CT molecular complexity index is 997. The second-order valence-electron chi connectivity index (χ2n) is 5.84. The van der Waals surface area contributed by atoms with Crippen LogP contribution < -0.4 is 10.2 Å². The summed E-state index contributed by atoms with van der Waals surface area (Å²) in [4.78, 5) is 19.8. The van der Waals surface area contributed by atoms with Gasteiger partial charge < -0.3 is 9.72 Å². The van der Waals surface area contributed by atoms with Crippen molar-refractivity contribution in [3.05, 3.63) is 79.8 Å². The number of hydrogen-bond acceptors (Lipinski definition) is 3. The maximum Gasteiger partial charge on any atom is 0.213 e. The van der Waals surface area contributed by atoms with E-state index in [1.165, 1.54) is 18.3 Å². The molecule has 0 radical (unpaired) electrons. The van der Waals surface area contributed by atoms with Crippen LogP contribution in [-0.2, 0) is 6.61 Å². The molecule has 2 aromatic heterocycles. The average molecular weight is 421 g/mol. The number of rotatable bonds is 4. The normalized spacial score (nSPS) is 10.8. The van der Waals surface area contributed by atoms with Crippen LogP contribution in [0.5, 0.6) is 5.88 Å². The van der Waals surface area contributed by atoms with E-state index in [-0.39, 0.29) is 12.0 Å². The molecule has 0 spiro atoms. The van der Waals surface area contributed by atoms with Crippen molar-refractivity contribution in [1.29, 1.82) is 0 Å². The van der Waals surface area contributed by atoms with Gasteiger partial charge in [0.15, 0.2) is 0 Å². The van der Waals surface area contributed by atoms with Gasteiger partial charge in [0.1, 0.15) is 18.2 Å². The molecule has 0 fully saturated rings. The van der Waals surface area contributed by atoms with Crippen LogP contribution in [0.4, 0.5) is 8.78 Å². The monoisotopic (exact) mass is 420 g/mol. The number of pyridine rings is 2. The largest absolute Gasteiger partial charge is 0.473 e.